The van der Waals surface area contributed by atoms with Crippen molar-refractivity contribution in [3.8, 4) is 0 Å². The fourth-order valence-corrected chi connectivity index (χ4v) is 3.19. The summed E-state index contributed by atoms with van der Waals surface area (Å²) < 4.78 is 22.7. The summed E-state index contributed by atoms with van der Waals surface area (Å²) in [5, 5.41) is 7.92. The molecule has 28 heavy (non-hydrogen) atoms. The number of Topliss-reactive ketones (excluding diaryl/α,β-unsaturated/α-hetero) is 1. The largest absolute Gasteiger partial charge is 0.326 e. The number of anilines is 1. The van der Waals surface area contributed by atoms with Crippen LogP contribution < -0.4 is 10.5 Å². The van der Waals surface area contributed by atoms with Gasteiger partial charge in [-0.15, -0.1) is 0 Å². The van der Waals surface area contributed by atoms with Crippen molar-refractivity contribution in [1.29, 1.82) is 0 Å². The molecule has 150 valence electrons. The number of primary sulfonamides is 1. The molecule has 8 heteroatoms. The number of ketones is 1. The lowest BCUT2D eigenvalue weighted by molar-refractivity contribution is -0.116. The predicted octanol–water partition coefficient (Wildman–Crippen LogP) is 2.56. The first-order chi connectivity index (χ1) is 13.1. The van der Waals surface area contributed by atoms with Crippen molar-refractivity contribution in [2.75, 3.05) is 18.9 Å². The Bertz CT molecular complexity index is 938. The number of rotatable bonds is 8. The van der Waals surface area contributed by atoms with Gasteiger partial charge in [0, 0.05) is 30.3 Å². The maximum atomic E-state index is 12.2. The van der Waals surface area contributed by atoms with E-state index in [9.17, 15) is 18.0 Å². The first kappa shape index (κ1) is 21.7. The molecule has 2 aromatic carbocycles. The average molecular weight is 404 g/mol. The highest BCUT2D eigenvalue weighted by Crippen LogP contribution is 2.20. The summed E-state index contributed by atoms with van der Waals surface area (Å²) in [5.41, 5.74) is 2.17. The van der Waals surface area contributed by atoms with Crippen molar-refractivity contribution in [2.24, 2.45) is 5.14 Å². The van der Waals surface area contributed by atoms with E-state index < -0.39 is 10.0 Å². The zero-order valence-electron chi connectivity index (χ0n) is 16.2. The molecule has 0 spiro atoms. The number of nitrogens with one attached hydrogen (secondary N) is 1. The third-order valence-corrected chi connectivity index (χ3v) is 5.55. The third kappa shape index (κ3) is 5.98. The van der Waals surface area contributed by atoms with Crippen molar-refractivity contribution in [1.82, 2.24) is 4.90 Å². The van der Waals surface area contributed by atoms with E-state index in [-0.39, 0.29) is 22.6 Å². The summed E-state index contributed by atoms with van der Waals surface area (Å²) in [6.45, 7) is 3.99. The number of nitrogens with zero attached hydrogens (tertiary/aromatic N) is 1. The zero-order chi connectivity index (χ0) is 20.9. The van der Waals surface area contributed by atoms with Crippen LogP contribution in [0.1, 0.15) is 42.2 Å². The Morgan fingerprint density at radius 3 is 2.14 bits per heavy atom. The molecule has 2 aromatic rings. The van der Waals surface area contributed by atoms with Crippen molar-refractivity contribution < 1.29 is 18.0 Å². The van der Waals surface area contributed by atoms with Gasteiger partial charge in [0.05, 0.1) is 4.90 Å². The first-order valence-electron chi connectivity index (χ1n) is 8.82. The summed E-state index contributed by atoms with van der Waals surface area (Å²) in [5.74, 6) is -0.148. The molecule has 0 fully saturated rings. The fourth-order valence-electron chi connectivity index (χ4n) is 2.67. The average Bonchev–Trinajstić information content (AvgIpc) is 2.65. The Hall–Kier alpha value is -2.55. The molecule has 0 heterocycles. The second-order valence-electron chi connectivity index (χ2n) is 6.70. The van der Waals surface area contributed by atoms with Crippen LogP contribution in [0.3, 0.4) is 0 Å². The molecule has 0 saturated heterocycles. The van der Waals surface area contributed by atoms with Gasteiger partial charge in [-0.25, -0.2) is 13.6 Å². The highest BCUT2D eigenvalue weighted by atomic mass is 32.2. The number of hydrogen-bond donors (Lipinski definition) is 2. The van der Waals surface area contributed by atoms with E-state index >= 15 is 0 Å². The van der Waals surface area contributed by atoms with Gasteiger partial charge in [-0.05, 0) is 62.9 Å². The molecule has 3 N–H and O–H groups in total. The Morgan fingerprint density at radius 2 is 1.64 bits per heavy atom. The molecular formula is C20H25N3O4S. The lowest BCUT2D eigenvalue weighted by atomic mass is 10.1. The zero-order valence-corrected chi connectivity index (χ0v) is 17.0. The van der Waals surface area contributed by atoms with Crippen LogP contribution in [0, 0.1) is 0 Å². The van der Waals surface area contributed by atoms with E-state index in [2.05, 4.69) is 5.32 Å². The van der Waals surface area contributed by atoms with Crippen molar-refractivity contribution in [3.05, 3.63) is 59.7 Å². The van der Waals surface area contributed by atoms with Gasteiger partial charge in [0.1, 0.15) is 0 Å². The standard InChI is InChI=1S/C20H25N3O4S/c1-14(16-6-10-19(11-7-16)28(21,26)27)23(3)13-12-20(25)22-18-8-4-17(5-9-18)15(2)24/h4-11,14H,12-13H2,1-3H3,(H,22,25)(H2,21,26,27). The summed E-state index contributed by atoms with van der Waals surface area (Å²) in [4.78, 5) is 25.5. The fraction of sp³-hybridized carbons (Fsp3) is 0.300. The molecule has 0 bridgehead atoms. The van der Waals surface area contributed by atoms with E-state index in [1.807, 2.05) is 18.9 Å². The topological polar surface area (TPSA) is 110 Å². The van der Waals surface area contributed by atoms with Crippen LogP contribution in [0.15, 0.2) is 53.4 Å². The van der Waals surface area contributed by atoms with E-state index in [0.29, 0.717) is 24.2 Å². The van der Waals surface area contributed by atoms with E-state index in [0.717, 1.165) is 5.56 Å². The third-order valence-electron chi connectivity index (χ3n) is 4.62. The van der Waals surface area contributed by atoms with Gasteiger partial charge in [0.2, 0.25) is 15.9 Å². The normalized spacial score (nSPS) is 12.6. The highest BCUT2D eigenvalue weighted by molar-refractivity contribution is 7.89. The Balaban J connectivity index is 1.89. The smallest absolute Gasteiger partial charge is 0.238 e. The molecule has 2 rings (SSSR count). The predicted molar refractivity (Wildman–Crippen MR) is 109 cm³/mol. The molecule has 0 aromatic heterocycles. The molecule has 0 saturated carbocycles. The summed E-state index contributed by atoms with van der Waals surface area (Å²) in [7, 11) is -1.81. The lowest BCUT2D eigenvalue weighted by Gasteiger charge is -2.25. The first-order valence-corrected chi connectivity index (χ1v) is 10.4. The monoisotopic (exact) mass is 403 g/mol. The van der Waals surface area contributed by atoms with Gasteiger partial charge in [0.15, 0.2) is 5.78 Å². The van der Waals surface area contributed by atoms with Gasteiger partial charge >= 0.3 is 0 Å². The van der Waals surface area contributed by atoms with Crippen molar-refractivity contribution in [3.63, 3.8) is 0 Å². The molecule has 1 amide bonds. The number of sulfonamides is 1. The van der Waals surface area contributed by atoms with E-state index in [1.165, 1.54) is 19.1 Å². The number of carbonyl (C=O) groups excluding carboxylic acids is 2. The van der Waals surface area contributed by atoms with Gasteiger partial charge in [-0.3, -0.25) is 14.5 Å². The van der Waals surface area contributed by atoms with Crippen LogP contribution in [0.25, 0.3) is 0 Å². The molecule has 1 atom stereocenters. The maximum Gasteiger partial charge on any atom is 0.238 e. The number of hydrogen-bond acceptors (Lipinski definition) is 5. The number of amides is 1. The van der Waals surface area contributed by atoms with Crippen molar-refractivity contribution >= 4 is 27.4 Å². The Morgan fingerprint density at radius 1 is 1.07 bits per heavy atom. The highest BCUT2D eigenvalue weighted by Gasteiger charge is 2.15. The molecule has 0 aliphatic carbocycles. The lowest BCUT2D eigenvalue weighted by Crippen LogP contribution is -2.27. The maximum absolute atomic E-state index is 12.2. The SMILES string of the molecule is CC(=O)c1ccc(NC(=O)CCN(C)C(C)c2ccc(S(N)(=O)=O)cc2)cc1. The number of carbonyl (C=O) groups is 2. The number of benzene rings is 2. The van der Waals surface area contributed by atoms with E-state index in [4.69, 9.17) is 5.14 Å². The number of nitrogens with two attached hydrogens (primary N) is 1. The molecule has 1 unspecified atom stereocenters. The van der Waals surface area contributed by atoms with Crippen molar-refractivity contribution in [2.45, 2.75) is 31.2 Å². The van der Waals surface area contributed by atoms with Crippen LogP contribution in [0.2, 0.25) is 0 Å². The van der Waals surface area contributed by atoms with Crippen LogP contribution in [-0.4, -0.2) is 38.6 Å². The van der Waals surface area contributed by atoms with Crippen LogP contribution in [0.5, 0.6) is 0 Å². The van der Waals surface area contributed by atoms with Crippen LogP contribution in [0.4, 0.5) is 5.69 Å². The summed E-state index contributed by atoms with van der Waals surface area (Å²) in [6.07, 6.45) is 0.296. The quantitative estimate of drug-likeness (QED) is 0.658. The molecule has 0 aliphatic rings. The molecule has 0 radical (unpaired) electrons. The van der Waals surface area contributed by atoms with Crippen LogP contribution >= 0.6 is 0 Å². The van der Waals surface area contributed by atoms with Gasteiger partial charge in [0.25, 0.3) is 0 Å². The summed E-state index contributed by atoms with van der Waals surface area (Å²) >= 11 is 0. The van der Waals surface area contributed by atoms with Gasteiger partial charge in [-0.1, -0.05) is 12.1 Å². The van der Waals surface area contributed by atoms with Gasteiger partial charge < -0.3 is 5.32 Å². The minimum atomic E-state index is -3.71. The second kappa shape index (κ2) is 9.09. The van der Waals surface area contributed by atoms with Gasteiger partial charge in [-0.2, -0.15) is 0 Å². The Labute approximate surface area is 165 Å². The van der Waals surface area contributed by atoms with E-state index in [1.54, 1.807) is 36.4 Å². The molecular weight excluding hydrogens is 378 g/mol. The minimum Gasteiger partial charge on any atom is -0.326 e. The summed E-state index contributed by atoms with van der Waals surface area (Å²) in [6, 6.07) is 13.2. The Kier molecular flexibility index (Phi) is 7.06. The van der Waals surface area contributed by atoms with Crippen LogP contribution in [-0.2, 0) is 14.8 Å². The minimum absolute atomic E-state index is 0.00261. The second-order valence-corrected chi connectivity index (χ2v) is 8.26. The molecule has 0 aliphatic heterocycles. The molecule has 7 nitrogen and oxygen atoms in total.